The average molecular weight is 315 g/mol. The highest BCUT2D eigenvalue weighted by Crippen LogP contribution is 2.35. The second-order valence-electron chi connectivity index (χ2n) is 4.83. The van der Waals surface area contributed by atoms with Crippen molar-refractivity contribution >= 4 is 23.2 Å². The van der Waals surface area contributed by atoms with Crippen LogP contribution in [0.5, 0.6) is 11.5 Å². The third-order valence-corrected chi connectivity index (χ3v) is 3.35. The SMILES string of the molecule is CCCCN(C)CC(=O)Nc1cc(OC)c(Cl)cc1OC. The first-order valence-corrected chi connectivity index (χ1v) is 7.29. The number of ether oxygens (including phenoxy) is 2. The van der Waals surface area contributed by atoms with Crippen LogP contribution in [0.1, 0.15) is 19.8 Å². The van der Waals surface area contributed by atoms with Crippen molar-refractivity contribution in [3.8, 4) is 11.5 Å². The number of anilines is 1. The largest absolute Gasteiger partial charge is 0.495 e. The highest BCUT2D eigenvalue weighted by molar-refractivity contribution is 6.32. The molecule has 1 amide bonds. The topological polar surface area (TPSA) is 50.8 Å². The molecule has 0 saturated heterocycles. The molecule has 0 unspecified atom stereocenters. The van der Waals surface area contributed by atoms with Crippen LogP contribution in [0.25, 0.3) is 0 Å². The monoisotopic (exact) mass is 314 g/mol. The fourth-order valence-electron chi connectivity index (χ4n) is 1.90. The fourth-order valence-corrected chi connectivity index (χ4v) is 2.13. The zero-order valence-electron chi connectivity index (χ0n) is 13.0. The Morgan fingerprint density at radius 2 is 1.95 bits per heavy atom. The van der Waals surface area contributed by atoms with Gasteiger partial charge in [-0.1, -0.05) is 24.9 Å². The molecule has 0 aliphatic rings. The minimum absolute atomic E-state index is 0.101. The number of carbonyl (C=O) groups excluding carboxylic acids is 1. The predicted molar refractivity (Wildman–Crippen MR) is 85.6 cm³/mol. The summed E-state index contributed by atoms with van der Waals surface area (Å²) in [6.07, 6.45) is 2.18. The Morgan fingerprint density at radius 1 is 1.29 bits per heavy atom. The second kappa shape index (κ2) is 8.74. The number of nitrogens with one attached hydrogen (secondary N) is 1. The van der Waals surface area contributed by atoms with Crippen molar-refractivity contribution in [1.82, 2.24) is 4.90 Å². The predicted octanol–water partition coefficient (Wildman–Crippen LogP) is 3.03. The summed E-state index contributed by atoms with van der Waals surface area (Å²) in [7, 11) is 4.98. The Hall–Kier alpha value is -1.46. The van der Waals surface area contributed by atoms with Crippen LogP contribution in [0.15, 0.2) is 12.1 Å². The van der Waals surface area contributed by atoms with Gasteiger partial charge in [-0.3, -0.25) is 9.69 Å². The molecular formula is C15H23ClN2O3. The molecule has 1 rings (SSSR count). The van der Waals surface area contributed by atoms with E-state index >= 15 is 0 Å². The van der Waals surface area contributed by atoms with Gasteiger partial charge in [-0.25, -0.2) is 0 Å². The van der Waals surface area contributed by atoms with Gasteiger partial charge in [0, 0.05) is 12.1 Å². The van der Waals surface area contributed by atoms with Gasteiger partial charge in [0.15, 0.2) is 0 Å². The minimum Gasteiger partial charge on any atom is -0.495 e. The second-order valence-corrected chi connectivity index (χ2v) is 5.23. The highest BCUT2D eigenvalue weighted by atomic mass is 35.5. The number of hydrogen-bond acceptors (Lipinski definition) is 4. The third kappa shape index (κ3) is 5.44. The Labute approximate surface area is 131 Å². The molecule has 0 heterocycles. The van der Waals surface area contributed by atoms with E-state index in [1.165, 1.54) is 14.2 Å². The summed E-state index contributed by atoms with van der Waals surface area (Å²) in [6.45, 7) is 3.35. The molecule has 118 valence electrons. The summed E-state index contributed by atoms with van der Waals surface area (Å²) in [5, 5.41) is 3.26. The lowest BCUT2D eigenvalue weighted by molar-refractivity contribution is -0.117. The number of hydrogen-bond donors (Lipinski definition) is 1. The number of carbonyl (C=O) groups is 1. The minimum atomic E-state index is -0.101. The van der Waals surface area contributed by atoms with Gasteiger partial charge < -0.3 is 14.8 Å². The molecule has 0 aliphatic heterocycles. The maximum atomic E-state index is 12.1. The normalized spacial score (nSPS) is 10.6. The summed E-state index contributed by atoms with van der Waals surface area (Å²) < 4.78 is 10.4. The molecule has 0 radical (unpaired) electrons. The van der Waals surface area contributed by atoms with Crippen LogP contribution in [0, 0.1) is 0 Å². The van der Waals surface area contributed by atoms with E-state index in [0.717, 1.165) is 19.4 Å². The lowest BCUT2D eigenvalue weighted by Crippen LogP contribution is -2.31. The Kier molecular flexibility index (Phi) is 7.32. The first kappa shape index (κ1) is 17.6. The van der Waals surface area contributed by atoms with Crippen molar-refractivity contribution in [2.75, 3.05) is 39.7 Å². The Morgan fingerprint density at radius 3 is 2.52 bits per heavy atom. The lowest BCUT2D eigenvalue weighted by atomic mass is 10.2. The van der Waals surface area contributed by atoms with Crippen LogP contribution in [0.2, 0.25) is 5.02 Å². The van der Waals surface area contributed by atoms with Crippen molar-refractivity contribution in [2.24, 2.45) is 0 Å². The summed E-state index contributed by atoms with van der Waals surface area (Å²) in [6, 6.07) is 3.28. The fraction of sp³-hybridized carbons (Fsp3) is 0.533. The van der Waals surface area contributed by atoms with Crippen molar-refractivity contribution in [2.45, 2.75) is 19.8 Å². The van der Waals surface area contributed by atoms with Crippen molar-refractivity contribution < 1.29 is 14.3 Å². The summed E-state index contributed by atoms with van der Waals surface area (Å²) in [5.74, 6) is 0.897. The molecule has 6 heteroatoms. The van der Waals surface area contributed by atoms with Crippen LogP contribution in [0.3, 0.4) is 0 Å². The van der Waals surface area contributed by atoms with Crippen LogP contribution >= 0.6 is 11.6 Å². The molecule has 1 aromatic carbocycles. The standard InChI is InChI=1S/C15H23ClN2O3/c1-5-6-7-18(2)10-15(19)17-12-9-13(20-3)11(16)8-14(12)21-4/h8-9H,5-7,10H2,1-4H3,(H,17,19). The molecule has 21 heavy (non-hydrogen) atoms. The molecule has 0 fully saturated rings. The van der Waals surface area contributed by atoms with Crippen molar-refractivity contribution in [1.29, 1.82) is 0 Å². The maximum absolute atomic E-state index is 12.1. The van der Waals surface area contributed by atoms with Crippen LogP contribution in [-0.2, 0) is 4.79 Å². The molecular weight excluding hydrogens is 292 g/mol. The molecule has 1 N–H and O–H groups in total. The molecule has 0 bridgehead atoms. The number of amides is 1. The van der Waals surface area contributed by atoms with Gasteiger partial charge in [0.2, 0.25) is 5.91 Å². The number of nitrogens with zero attached hydrogens (tertiary/aromatic N) is 1. The van der Waals surface area contributed by atoms with Crippen LogP contribution < -0.4 is 14.8 Å². The number of likely N-dealkylation sites (N-methyl/N-ethyl adjacent to an activating group) is 1. The molecule has 0 atom stereocenters. The summed E-state index contributed by atoms with van der Waals surface area (Å²) in [4.78, 5) is 14.0. The number of methoxy groups -OCH3 is 2. The molecule has 0 aliphatic carbocycles. The van der Waals surface area contributed by atoms with Crippen molar-refractivity contribution in [3.05, 3.63) is 17.2 Å². The zero-order chi connectivity index (χ0) is 15.8. The lowest BCUT2D eigenvalue weighted by Gasteiger charge is -2.17. The van der Waals surface area contributed by atoms with Crippen LogP contribution in [-0.4, -0.2) is 45.2 Å². The van der Waals surface area contributed by atoms with Gasteiger partial charge in [-0.05, 0) is 20.0 Å². The van der Waals surface area contributed by atoms with E-state index in [4.69, 9.17) is 21.1 Å². The highest BCUT2D eigenvalue weighted by Gasteiger charge is 2.13. The van der Waals surface area contributed by atoms with E-state index in [1.54, 1.807) is 12.1 Å². The average Bonchev–Trinajstić information content (AvgIpc) is 2.46. The summed E-state index contributed by atoms with van der Waals surface area (Å²) >= 11 is 6.03. The van der Waals surface area contributed by atoms with Gasteiger partial charge in [0.25, 0.3) is 0 Å². The maximum Gasteiger partial charge on any atom is 0.238 e. The molecule has 0 aromatic heterocycles. The summed E-state index contributed by atoms with van der Waals surface area (Å²) in [5.41, 5.74) is 0.549. The number of halogens is 1. The van der Waals surface area contributed by atoms with E-state index in [2.05, 4.69) is 12.2 Å². The van der Waals surface area contributed by atoms with Gasteiger partial charge >= 0.3 is 0 Å². The zero-order valence-corrected chi connectivity index (χ0v) is 13.8. The Bertz CT molecular complexity index is 480. The van der Waals surface area contributed by atoms with Gasteiger partial charge in [0.05, 0.1) is 31.5 Å². The number of rotatable bonds is 8. The van der Waals surface area contributed by atoms with E-state index in [-0.39, 0.29) is 5.91 Å². The Balaban J connectivity index is 2.74. The van der Waals surface area contributed by atoms with Gasteiger partial charge in [-0.2, -0.15) is 0 Å². The molecule has 1 aromatic rings. The van der Waals surface area contributed by atoms with E-state index in [0.29, 0.717) is 28.8 Å². The smallest absolute Gasteiger partial charge is 0.238 e. The van der Waals surface area contributed by atoms with E-state index in [1.807, 2.05) is 11.9 Å². The van der Waals surface area contributed by atoms with E-state index < -0.39 is 0 Å². The molecule has 0 saturated carbocycles. The van der Waals surface area contributed by atoms with Crippen molar-refractivity contribution in [3.63, 3.8) is 0 Å². The number of unbranched alkanes of at least 4 members (excludes halogenated alkanes) is 1. The quantitative estimate of drug-likeness (QED) is 0.801. The number of benzene rings is 1. The molecule has 0 spiro atoms. The van der Waals surface area contributed by atoms with Gasteiger partial charge in [0.1, 0.15) is 11.5 Å². The first-order chi connectivity index (χ1) is 10.0. The third-order valence-electron chi connectivity index (χ3n) is 3.05. The van der Waals surface area contributed by atoms with Gasteiger partial charge in [-0.15, -0.1) is 0 Å². The molecule has 5 nitrogen and oxygen atoms in total. The van der Waals surface area contributed by atoms with Crippen LogP contribution in [0.4, 0.5) is 5.69 Å². The van der Waals surface area contributed by atoms with E-state index in [9.17, 15) is 4.79 Å². The first-order valence-electron chi connectivity index (χ1n) is 6.91.